The number of piperidine rings is 2. The van der Waals surface area contributed by atoms with E-state index in [9.17, 15) is 8.42 Å². The maximum absolute atomic E-state index is 13.5. The standard InChI is InChI=1S/C18H29ClN4O3S/c1-13-5-7-21(8-6-13)16-9-14-3-4-15(10-16)23(14)27(24,25)18-17(19)11-20-22(18)12-26-2/h11,13-16H,3-10,12H2,1-2H3. The zero-order valence-electron chi connectivity index (χ0n) is 16.1. The van der Waals surface area contributed by atoms with Crippen LogP contribution in [0.5, 0.6) is 0 Å². The minimum Gasteiger partial charge on any atom is -0.362 e. The molecule has 4 heterocycles. The van der Waals surface area contributed by atoms with Gasteiger partial charge in [-0.05, 0) is 57.5 Å². The zero-order chi connectivity index (χ0) is 19.2. The molecule has 3 aliphatic heterocycles. The molecule has 3 saturated heterocycles. The van der Waals surface area contributed by atoms with Crippen LogP contribution in [-0.2, 0) is 21.5 Å². The molecule has 0 amide bonds. The molecule has 4 rings (SSSR count). The second-order valence-electron chi connectivity index (χ2n) is 8.28. The number of nitrogens with zero attached hydrogens (tertiary/aromatic N) is 4. The molecule has 152 valence electrons. The van der Waals surface area contributed by atoms with E-state index < -0.39 is 10.0 Å². The van der Waals surface area contributed by atoms with Crippen molar-refractivity contribution in [1.82, 2.24) is 19.0 Å². The van der Waals surface area contributed by atoms with Gasteiger partial charge in [0.2, 0.25) is 0 Å². The van der Waals surface area contributed by atoms with Gasteiger partial charge in [-0.2, -0.15) is 9.40 Å². The van der Waals surface area contributed by atoms with Crippen LogP contribution in [0.25, 0.3) is 0 Å². The van der Waals surface area contributed by atoms with Crippen LogP contribution in [0.3, 0.4) is 0 Å². The molecule has 3 aliphatic rings. The van der Waals surface area contributed by atoms with Gasteiger partial charge in [0.1, 0.15) is 6.73 Å². The number of halogens is 1. The smallest absolute Gasteiger partial charge is 0.262 e. The van der Waals surface area contributed by atoms with Crippen LogP contribution >= 0.6 is 11.6 Å². The van der Waals surface area contributed by atoms with Crippen molar-refractivity contribution in [2.75, 3.05) is 20.2 Å². The molecule has 3 fully saturated rings. The van der Waals surface area contributed by atoms with E-state index in [1.807, 2.05) is 0 Å². The van der Waals surface area contributed by atoms with Crippen molar-refractivity contribution in [3.8, 4) is 0 Å². The monoisotopic (exact) mass is 416 g/mol. The predicted molar refractivity (Wildman–Crippen MR) is 103 cm³/mol. The van der Waals surface area contributed by atoms with Gasteiger partial charge in [0.25, 0.3) is 10.0 Å². The zero-order valence-corrected chi connectivity index (χ0v) is 17.6. The lowest BCUT2D eigenvalue weighted by molar-refractivity contribution is 0.0750. The normalized spacial score (nSPS) is 30.9. The lowest BCUT2D eigenvalue weighted by Crippen LogP contribution is -2.53. The topological polar surface area (TPSA) is 67.7 Å². The van der Waals surface area contributed by atoms with Crippen LogP contribution in [0.4, 0.5) is 0 Å². The summed E-state index contributed by atoms with van der Waals surface area (Å²) in [6.07, 6.45) is 7.58. The first kappa shape index (κ1) is 19.6. The van der Waals surface area contributed by atoms with Gasteiger partial charge in [-0.25, -0.2) is 13.1 Å². The van der Waals surface area contributed by atoms with E-state index >= 15 is 0 Å². The van der Waals surface area contributed by atoms with Gasteiger partial charge in [0.05, 0.1) is 11.2 Å². The van der Waals surface area contributed by atoms with Crippen molar-refractivity contribution in [3.05, 3.63) is 11.2 Å². The van der Waals surface area contributed by atoms with E-state index in [2.05, 4.69) is 16.9 Å². The summed E-state index contributed by atoms with van der Waals surface area (Å²) in [5, 5.41) is 4.31. The van der Waals surface area contributed by atoms with E-state index in [4.69, 9.17) is 16.3 Å². The summed E-state index contributed by atoms with van der Waals surface area (Å²) in [7, 11) is -2.18. The lowest BCUT2D eigenvalue weighted by atomic mass is 9.93. The molecule has 0 aromatic carbocycles. The number of hydrogen-bond donors (Lipinski definition) is 0. The Balaban J connectivity index is 1.55. The molecule has 1 aromatic heterocycles. The quantitative estimate of drug-likeness (QED) is 0.737. The Morgan fingerprint density at radius 1 is 1.15 bits per heavy atom. The maximum atomic E-state index is 13.5. The van der Waals surface area contributed by atoms with Crippen molar-refractivity contribution in [2.45, 2.75) is 75.3 Å². The molecule has 0 N–H and O–H groups in total. The van der Waals surface area contributed by atoms with E-state index in [-0.39, 0.29) is 28.9 Å². The Morgan fingerprint density at radius 3 is 2.37 bits per heavy atom. The van der Waals surface area contributed by atoms with Gasteiger partial charge >= 0.3 is 0 Å². The fraction of sp³-hybridized carbons (Fsp3) is 0.833. The Kier molecular flexibility index (Phi) is 5.55. The highest BCUT2D eigenvalue weighted by atomic mass is 35.5. The average molecular weight is 417 g/mol. The molecule has 2 atom stereocenters. The van der Waals surface area contributed by atoms with Crippen LogP contribution in [0.2, 0.25) is 5.02 Å². The number of rotatable bonds is 5. The highest BCUT2D eigenvalue weighted by molar-refractivity contribution is 7.89. The Bertz CT molecular complexity index is 762. The van der Waals surface area contributed by atoms with Crippen molar-refractivity contribution >= 4 is 21.6 Å². The molecule has 2 unspecified atom stereocenters. The highest BCUT2D eigenvalue weighted by Gasteiger charge is 2.49. The van der Waals surface area contributed by atoms with Gasteiger partial charge in [-0.15, -0.1) is 0 Å². The summed E-state index contributed by atoms with van der Waals surface area (Å²) >= 11 is 6.21. The number of ether oxygens (including phenoxy) is 1. The molecule has 7 nitrogen and oxygen atoms in total. The van der Waals surface area contributed by atoms with Crippen molar-refractivity contribution < 1.29 is 13.2 Å². The van der Waals surface area contributed by atoms with Gasteiger partial charge in [-0.3, -0.25) is 0 Å². The maximum Gasteiger partial charge on any atom is 0.262 e. The molecule has 1 aromatic rings. The Hall–Kier alpha value is -0.670. The van der Waals surface area contributed by atoms with Gasteiger partial charge < -0.3 is 9.64 Å². The van der Waals surface area contributed by atoms with Crippen LogP contribution in [-0.4, -0.2) is 65.7 Å². The number of hydrogen-bond acceptors (Lipinski definition) is 5. The first-order valence-electron chi connectivity index (χ1n) is 9.89. The second-order valence-corrected chi connectivity index (χ2v) is 10.4. The molecule has 27 heavy (non-hydrogen) atoms. The fourth-order valence-electron chi connectivity index (χ4n) is 5.11. The minimum absolute atomic E-state index is 0.0556. The average Bonchev–Trinajstić information content (AvgIpc) is 3.14. The molecule has 0 radical (unpaired) electrons. The Morgan fingerprint density at radius 2 is 1.78 bits per heavy atom. The largest absolute Gasteiger partial charge is 0.362 e. The van der Waals surface area contributed by atoms with Crippen LogP contribution in [0.15, 0.2) is 11.2 Å². The van der Waals surface area contributed by atoms with E-state index in [0.717, 1.165) is 44.7 Å². The van der Waals surface area contributed by atoms with Crippen LogP contribution in [0.1, 0.15) is 45.4 Å². The SMILES string of the molecule is COCn1ncc(Cl)c1S(=O)(=O)N1C2CCC1CC(N1CCC(C)CC1)C2. The summed E-state index contributed by atoms with van der Waals surface area (Å²) < 4.78 is 35.1. The fourth-order valence-corrected chi connectivity index (χ4v) is 7.58. The number of aromatic nitrogens is 2. The molecular weight excluding hydrogens is 388 g/mol. The third kappa shape index (κ3) is 3.55. The summed E-state index contributed by atoms with van der Waals surface area (Å²) in [5.74, 6) is 0.807. The Labute approximate surface area is 166 Å². The first-order chi connectivity index (χ1) is 12.9. The van der Waals surface area contributed by atoms with Crippen LogP contribution < -0.4 is 0 Å². The number of likely N-dealkylation sites (tertiary alicyclic amines) is 1. The highest BCUT2D eigenvalue weighted by Crippen LogP contribution is 2.42. The lowest BCUT2D eigenvalue weighted by Gasteiger charge is -2.44. The predicted octanol–water partition coefficient (Wildman–Crippen LogP) is 2.56. The van der Waals surface area contributed by atoms with Gasteiger partial charge in [0.15, 0.2) is 5.03 Å². The van der Waals surface area contributed by atoms with E-state index in [1.54, 1.807) is 4.31 Å². The number of fused-ring (bicyclic) bond motifs is 2. The molecule has 0 aliphatic carbocycles. The van der Waals surface area contributed by atoms with Crippen molar-refractivity contribution in [1.29, 1.82) is 0 Å². The molecule has 9 heteroatoms. The number of methoxy groups -OCH3 is 1. The van der Waals surface area contributed by atoms with E-state index in [0.29, 0.717) is 6.04 Å². The summed E-state index contributed by atoms with van der Waals surface area (Å²) in [5.41, 5.74) is 0. The van der Waals surface area contributed by atoms with Crippen molar-refractivity contribution in [2.24, 2.45) is 5.92 Å². The minimum atomic E-state index is -3.70. The van der Waals surface area contributed by atoms with Gasteiger partial charge in [0, 0.05) is 25.2 Å². The van der Waals surface area contributed by atoms with Gasteiger partial charge in [-0.1, -0.05) is 18.5 Å². The van der Waals surface area contributed by atoms with Crippen LogP contribution in [0, 0.1) is 5.92 Å². The molecule has 0 spiro atoms. The summed E-state index contributed by atoms with van der Waals surface area (Å²) in [6.45, 7) is 4.68. The first-order valence-corrected chi connectivity index (χ1v) is 11.7. The third-order valence-corrected chi connectivity index (χ3v) is 8.96. The van der Waals surface area contributed by atoms with E-state index in [1.165, 1.54) is 30.8 Å². The summed E-state index contributed by atoms with van der Waals surface area (Å²) in [6, 6.07) is 0.612. The second kappa shape index (κ2) is 7.63. The third-order valence-electron chi connectivity index (χ3n) is 6.50. The van der Waals surface area contributed by atoms with Crippen molar-refractivity contribution in [3.63, 3.8) is 0 Å². The molecule has 2 bridgehead atoms. The molecule has 0 saturated carbocycles. The summed E-state index contributed by atoms with van der Waals surface area (Å²) in [4.78, 5) is 2.59. The number of sulfonamides is 1. The molecular formula is C18H29ClN4O3S.